The van der Waals surface area contributed by atoms with Crippen molar-refractivity contribution < 1.29 is 19.1 Å². The summed E-state index contributed by atoms with van der Waals surface area (Å²) >= 11 is 0. The molecule has 0 bridgehead atoms. The van der Waals surface area contributed by atoms with Gasteiger partial charge in [0, 0.05) is 47.4 Å². The highest BCUT2D eigenvalue weighted by molar-refractivity contribution is 5.92. The molecular formula is C34H30N2O4. The van der Waals surface area contributed by atoms with Crippen molar-refractivity contribution in [1.82, 2.24) is 9.80 Å². The van der Waals surface area contributed by atoms with E-state index in [2.05, 4.69) is 0 Å². The van der Waals surface area contributed by atoms with Crippen LogP contribution in [0.25, 0.3) is 0 Å². The van der Waals surface area contributed by atoms with Gasteiger partial charge in [0.2, 0.25) is 11.8 Å². The Bertz CT molecular complexity index is 1420. The first kappa shape index (κ1) is 24.5. The number of benzene rings is 4. The highest BCUT2D eigenvalue weighted by Crippen LogP contribution is 2.47. The van der Waals surface area contributed by atoms with E-state index in [1.54, 1.807) is 0 Å². The van der Waals surface area contributed by atoms with Gasteiger partial charge in [-0.05, 0) is 38.1 Å². The second-order valence-electron chi connectivity index (χ2n) is 10.9. The Balaban J connectivity index is 1.19. The summed E-state index contributed by atoms with van der Waals surface area (Å²) in [5.74, 6) is 2.03. The lowest BCUT2D eigenvalue weighted by Crippen LogP contribution is -2.61. The number of hydrogen-bond donors (Lipinski definition) is 0. The minimum Gasteiger partial charge on any atom is -0.457 e. The number of carbonyl (C=O) groups excluding carboxylic acids is 2. The Morgan fingerprint density at radius 3 is 1.10 bits per heavy atom. The van der Waals surface area contributed by atoms with Crippen LogP contribution in [0.1, 0.15) is 47.9 Å². The summed E-state index contributed by atoms with van der Waals surface area (Å²) in [5, 5.41) is 0. The van der Waals surface area contributed by atoms with Crippen LogP contribution in [0.4, 0.5) is 0 Å². The summed E-state index contributed by atoms with van der Waals surface area (Å²) < 4.78 is 12.3. The third-order valence-electron chi connectivity index (χ3n) is 8.41. The summed E-state index contributed by atoms with van der Waals surface area (Å²) in [4.78, 5) is 32.5. The van der Waals surface area contributed by atoms with E-state index < -0.39 is 11.8 Å². The molecule has 3 aliphatic rings. The topological polar surface area (TPSA) is 59.1 Å². The van der Waals surface area contributed by atoms with E-state index in [-0.39, 0.29) is 23.9 Å². The molecule has 0 saturated carbocycles. The number of para-hydroxylation sites is 4. The second kappa shape index (κ2) is 9.56. The first-order chi connectivity index (χ1) is 19.5. The van der Waals surface area contributed by atoms with E-state index in [1.165, 1.54) is 0 Å². The van der Waals surface area contributed by atoms with Crippen LogP contribution in [0.15, 0.2) is 97.1 Å². The van der Waals surface area contributed by atoms with Gasteiger partial charge in [-0.25, -0.2) is 0 Å². The van der Waals surface area contributed by atoms with Gasteiger partial charge in [-0.1, -0.05) is 72.8 Å². The summed E-state index contributed by atoms with van der Waals surface area (Å²) in [6, 6.07) is 30.7. The molecule has 0 aliphatic carbocycles. The van der Waals surface area contributed by atoms with Crippen LogP contribution in [-0.4, -0.2) is 46.8 Å². The fraction of sp³-hybridized carbons (Fsp3) is 0.235. The van der Waals surface area contributed by atoms with Crippen molar-refractivity contribution in [1.29, 1.82) is 0 Å². The molecule has 0 aromatic heterocycles. The summed E-state index contributed by atoms with van der Waals surface area (Å²) in [7, 11) is 0. The molecule has 6 nitrogen and oxygen atoms in total. The van der Waals surface area contributed by atoms with Gasteiger partial charge in [0.05, 0.1) is 11.8 Å². The largest absolute Gasteiger partial charge is 0.457 e. The van der Waals surface area contributed by atoms with Crippen LogP contribution < -0.4 is 9.47 Å². The maximum Gasteiger partial charge on any atom is 0.235 e. The van der Waals surface area contributed by atoms with Gasteiger partial charge >= 0.3 is 0 Å². The van der Waals surface area contributed by atoms with E-state index in [4.69, 9.17) is 9.47 Å². The maximum atomic E-state index is 14.3. The normalized spacial score (nSPS) is 19.9. The molecular weight excluding hydrogens is 500 g/mol. The van der Waals surface area contributed by atoms with Crippen molar-refractivity contribution in [3.63, 3.8) is 0 Å². The van der Waals surface area contributed by atoms with Crippen LogP contribution in [0.3, 0.4) is 0 Å². The number of amides is 2. The Hall–Kier alpha value is -4.58. The third kappa shape index (κ3) is 3.86. The Kier molecular flexibility index (Phi) is 5.84. The van der Waals surface area contributed by atoms with Gasteiger partial charge in [-0.15, -0.1) is 0 Å². The maximum absolute atomic E-state index is 14.3. The number of piperazine rings is 1. The summed E-state index contributed by atoms with van der Waals surface area (Å²) in [6.45, 7) is 4.99. The van der Waals surface area contributed by atoms with Crippen LogP contribution in [-0.2, 0) is 9.59 Å². The molecule has 4 aromatic rings. The van der Waals surface area contributed by atoms with Crippen LogP contribution in [0.2, 0.25) is 0 Å². The number of ether oxygens (including phenoxy) is 2. The predicted molar refractivity (Wildman–Crippen MR) is 152 cm³/mol. The van der Waals surface area contributed by atoms with E-state index in [9.17, 15) is 9.59 Å². The lowest BCUT2D eigenvalue weighted by molar-refractivity contribution is -0.146. The van der Waals surface area contributed by atoms with Gasteiger partial charge in [-0.2, -0.15) is 0 Å². The zero-order valence-electron chi connectivity index (χ0n) is 22.5. The van der Waals surface area contributed by atoms with E-state index in [0.29, 0.717) is 36.1 Å². The van der Waals surface area contributed by atoms with E-state index in [0.717, 1.165) is 22.3 Å². The number of hydrogen-bond acceptors (Lipinski definition) is 4. The Morgan fingerprint density at radius 2 is 0.800 bits per heavy atom. The summed E-state index contributed by atoms with van der Waals surface area (Å²) in [5.41, 5.74) is 3.50. The van der Waals surface area contributed by atoms with E-state index >= 15 is 0 Å². The molecule has 40 heavy (non-hydrogen) atoms. The molecule has 7 rings (SSSR count). The first-order valence-corrected chi connectivity index (χ1v) is 13.8. The fourth-order valence-corrected chi connectivity index (χ4v) is 6.42. The quantitative estimate of drug-likeness (QED) is 0.305. The molecule has 2 atom stereocenters. The van der Waals surface area contributed by atoms with Crippen molar-refractivity contribution in [3.05, 3.63) is 119 Å². The van der Waals surface area contributed by atoms with Gasteiger partial charge in [0.1, 0.15) is 23.0 Å². The molecule has 200 valence electrons. The zero-order valence-corrected chi connectivity index (χ0v) is 22.5. The van der Waals surface area contributed by atoms with Gasteiger partial charge in [-0.3, -0.25) is 9.59 Å². The predicted octanol–water partition coefficient (Wildman–Crippen LogP) is 6.31. The second-order valence-corrected chi connectivity index (χ2v) is 10.9. The molecule has 1 fully saturated rings. The minimum absolute atomic E-state index is 0.0383. The van der Waals surface area contributed by atoms with Crippen molar-refractivity contribution in [2.24, 2.45) is 0 Å². The first-order valence-electron chi connectivity index (χ1n) is 13.8. The highest BCUT2D eigenvalue weighted by atomic mass is 16.5. The van der Waals surface area contributed by atoms with Crippen molar-refractivity contribution >= 4 is 11.8 Å². The third-order valence-corrected chi connectivity index (χ3v) is 8.41. The molecule has 0 spiro atoms. The number of nitrogens with zero attached hydrogens (tertiary/aromatic N) is 2. The Labute approximate surface area is 233 Å². The number of fused-ring (bicyclic) bond motifs is 4. The minimum atomic E-state index is -0.452. The van der Waals surface area contributed by atoms with Crippen molar-refractivity contribution in [2.75, 3.05) is 13.1 Å². The van der Waals surface area contributed by atoms with Gasteiger partial charge < -0.3 is 19.3 Å². The molecule has 6 heteroatoms. The van der Waals surface area contributed by atoms with Crippen LogP contribution >= 0.6 is 0 Å². The van der Waals surface area contributed by atoms with Crippen LogP contribution in [0.5, 0.6) is 23.0 Å². The number of rotatable bonds is 2. The lowest BCUT2D eigenvalue weighted by Gasteiger charge is -2.46. The SMILES string of the molecule is C[C@@H]1CN(C(=O)C2c3ccccc3Oc3ccccc32)[C@@H](C)CN1C(=O)C1c2ccccc2Oc2ccccc21. The molecule has 3 aliphatic heterocycles. The average molecular weight is 531 g/mol. The molecule has 0 N–H and O–H groups in total. The molecule has 0 radical (unpaired) electrons. The standard InChI is InChI=1S/C34H30N2O4/c1-21-19-36(34(38)32-25-13-5-9-17-29(25)40-30-18-10-6-14-26(30)32)22(2)20-35(21)33(37)31-23-11-3-7-15-27(23)39-28-16-8-4-12-24(28)31/h3-18,21-22,31-32H,19-20H2,1-2H3/t21-,22+. The molecule has 0 unspecified atom stereocenters. The van der Waals surface area contributed by atoms with Crippen molar-refractivity contribution in [2.45, 2.75) is 37.8 Å². The number of carbonyl (C=O) groups is 2. The smallest absolute Gasteiger partial charge is 0.235 e. The Morgan fingerprint density at radius 1 is 0.525 bits per heavy atom. The monoisotopic (exact) mass is 530 g/mol. The highest BCUT2D eigenvalue weighted by Gasteiger charge is 2.43. The molecule has 1 saturated heterocycles. The molecule has 3 heterocycles. The average Bonchev–Trinajstić information content (AvgIpc) is 2.98. The van der Waals surface area contributed by atoms with E-state index in [1.807, 2.05) is 121 Å². The van der Waals surface area contributed by atoms with Crippen molar-refractivity contribution in [3.8, 4) is 23.0 Å². The fourth-order valence-electron chi connectivity index (χ4n) is 6.42. The molecule has 4 aromatic carbocycles. The molecule has 2 amide bonds. The zero-order chi connectivity index (χ0) is 27.4. The lowest BCUT2D eigenvalue weighted by atomic mass is 9.85. The summed E-state index contributed by atoms with van der Waals surface area (Å²) in [6.07, 6.45) is 0. The van der Waals surface area contributed by atoms with Gasteiger partial charge in [0.15, 0.2) is 0 Å². The van der Waals surface area contributed by atoms with Gasteiger partial charge in [0.25, 0.3) is 0 Å². The van der Waals surface area contributed by atoms with Crippen LogP contribution in [0, 0.1) is 0 Å².